The first kappa shape index (κ1) is 32.2. The summed E-state index contributed by atoms with van der Waals surface area (Å²) in [6.45, 7) is 3.36. The minimum absolute atomic E-state index is 0.135. The molecule has 8 nitrogen and oxygen atoms in total. The van der Waals surface area contributed by atoms with Gasteiger partial charge in [-0.1, -0.05) is 32.6 Å². The largest absolute Gasteiger partial charge is 0.494 e. The highest BCUT2D eigenvalue weighted by molar-refractivity contribution is 7.89. The molecular formula is C31H43F2N3O5S. The third kappa shape index (κ3) is 8.41. The van der Waals surface area contributed by atoms with Crippen molar-refractivity contribution in [2.75, 3.05) is 26.3 Å². The summed E-state index contributed by atoms with van der Waals surface area (Å²) in [5.41, 5.74) is 5.45. The van der Waals surface area contributed by atoms with Crippen molar-refractivity contribution in [2.24, 2.45) is 11.7 Å². The van der Waals surface area contributed by atoms with E-state index in [0.29, 0.717) is 43.5 Å². The smallest absolute Gasteiger partial charge is 0.298 e. The second kappa shape index (κ2) is 14.6. The Morgan fingerprint density at radius 1 is 0.976 bits per heavy atom. The normalized spacial score (nSPS) is 18.0. The molecule has 0 radical (unpaired) electrons. The number of halogens is 2. The summed E-state index contributed by atoms with van der Waals surface area (Å²) in [6, 6.07) is 8.28. The van der Waals surface area contributed by atoms with Gasteiger partial charge >= 0.3 is 0 Å². The Hall–Kier alpha value is -2.76. The molecule has 1 saturated carbocycles. The van der Waals surface area contributed by atoms with Gasteiger partial charge in [-0.2, -0.15) is 13.5 Å². The number of nitrogens with two attached hydrogens (primary N) is 1. The molecule has 2 aromatic carbocycles. The molecule has 42 heavy (non-hydrogen) atoms. The zero-order chi connectivity index (χ0) is 30.2. The van der Waals surface area contributed by atoms with Crippen molar-refractivity contribution in [3.63, 3.8) is 0 Å². The summed E-state index contributed by atoms with van der Waals surface area (Å²) in [7, 11) is -4.50. The molecule has 1 aliphatic heterocycles. The number of carbonyl (C=O) groups is 1. The lowest BCUT2D eigenvalue weighted by Crippen LogP contribution is -2.57. The van der Waals surface area contributed by atoms with Crippen LogP contribution in [0.15, 0.2) is 53.4 Å². The number of nitrogens with zero attached hydrogens (tertiary/aromatic N) is 1. The fourth-order valence-electron chi connectivity index (χ4n) is 5.36. The van der Waals surface area contributed by atoms with Crippen LogP contribution in [0, 0.1) is 5.92 Å². The number of hydrogen-bond acceptors (Lipinski definition) is 6. The van der Waals surface area contributed by atoms with Crippen LogP contribution >= 0.6 is 0 Å². The van der Waals surface area contributed by atoms with Crippen molar-refractivity contribution < 1.29 is 31.5 Å². The van der Waals surface area contributed by atoms with Crippen LogP contribution in [-0.4, -0.2) is 57.6 Å². The summed E-state index contributed by atoms with van der Waals surface area (Å²) < 4.78 is 72.4. The van der Waals surface area contributed by atoms with Gasteiger partial charge in [0.1, 0.15) is 11.5 Å². The van der Waals surface area contributed by atoms with Gasteiger partial charge in [-0.25, -0.2) is 8.42 Å². The molecule has 1 amide bonds. The molecule has 1 aliphatic carbocycles. The van der Waals surface area contributed by atoms with Crippen molar-refractivity contribution in [1.29, 1.82) is 0 Å². The highest BCUT2D eigenvalue weighted by atomic mass is 32.2. The predicted octanol–water partition coefficient (Wildman–Crippen LogP) is 5.21. The highest BCUT2D eigenvalue weighted by Crippen LogP contribution is 2.35. The number of unbranched alkanes of at least 4 members (excludes halogenated alkanes) is 1. The molecule has 0 bridgehead atoms. The van der Waals surface area contributed by atoms with E-state index >= 15 is 8.78 Å². The van der Waals surface area contributed by atoms with E-state index in [1.54, 1.807) is 0 Å². The Morgan fingerprint density at radius 3 is 2.19 bits per heavy atom. The van der Waals surface area contributed by atoms with Gasteiger partial charge in [0.15, 0.2) is 6.04 Å². The van der Waals surface area contributed by atoms with Crippen LogP contribution in [0.1, 0.15) is 70.3 Å². The lowest BCUT2D eigenvalue weighted by molar-refractivity contribution is -0.145. The van der Waals surface area contributed by atoms with Crippen molar-refractivity contribution >= 4 is 15.9 Å². The first-order valence-electron chi connectivity index (χ1n) is 15.0. The maximum atomic E-state index is 16.1. The molecule has 4 rings (SSSR count). The van der Waals surface area contributed by atoms with E-state index in [1.165, 1.54) is 72.7 Å². The molecule has 232 valence electrons. The van der Waals surface area contributed by atoms with Crippen LogP contribution in [-0.2, 0) is 20.7 Å². The standard InChI is InChI=1S/C31H43F2N3O5S/c1-2-3-21-40-26-11-9-24(10-12-26)31(32,33)29(30(37)36-19-17-25(34)18-20-36)35-42(38,39)28-15-13-27(14-16-28)41-22-23-7-5-4-6-8-23/h9-16,23,25,29,35H,2-8,17-22,34H2,1H3/t29-/m0/s1. The number of piperidine rings is 1. The fraction of sp³-hybridized carbons (Fsp3) is 0.581. The Labute approximate surface area is 248 Å². The Bertz CT molecular complexity index is 1240. The van der Waals surface area contributed by atoms with Crippen LogP contribution in [0.4, 0.5) is 8.78 Å². The summed E-state index contributed by atoms with van der Waals surface area (Å²) in [6.07, 6.45) is 8.47. The SMILES string of the molecule is CCCCOc1ccc(C(F)(F)[C@@H](NS(=O)(=O)c2ccc(OCC3CCCCC3)cc2)C(=O)N2CCC(N)CC2)cc1. The number of sulfonamides is 1. The van der Waals surface area contributed by atoms with E-state index in [1.807, 2.05) is 11.6 Å². The van der Waals surface area contributed by atoms with Gasteiger partial charge in [-0.05, 0) is 86.6 Å². The number of hydrogen-bond donors (Lipinski definition) is 2. The molecule has 1 heterocycles. The van der Waals surface area contributed by atoms with Crippen LogP contribution in [0.25, 0.3) is 0 Å². The Balaban J connectivity index is 1.53. The number of ether oxygens (including phenoxy) is 2. The minimum Gasteiger partial charge on any atom is -0.494 e. The molecule has 0 aromatic heterocycles. The maximum absolute atomic E-state index is 16.1. The van der Waals surface area contributed by atoms with Gasteiger partial charge in [-0.15, -0.1) is 0 Å². The number of alkyl halides is 2. The first-order chi connectivity index (χ1) is 20.1. The van der Waals surface area contributed by atoms with Crippen molar-refractivity contribution in [3.8, 4) is 11.5 Å². The van der Waals surface area contributed by atoms with Crippen molar-refractivity contribution in [1.82, 2.24) is 9.62 Å². The molecule has 2 aliphatic rings. The van der Waals surface area contributed by atoms with E-state index in [9.17, 15) is 13.2 Å². The van der Waals surface area contributed by atoms with Gasteiger partial charge in [0.25, 0.3) is 5.92 Å². The quantitative estimate of drug-likeness (QED) is 0.303. The Kier molecular flexibility index (Phi) is 11.2. The van der Waals surface area contributed by atoms with Gasteiger partial charge in [-0.3, -0.25) is 4.79 Å². The third-order valence-electron chi connectivity index (χ3n) is 8.08. The molecule has 0 spiro atoms. The van der Waals surface area contributed by atoms with E-state index in [0.717, 1.165) is 25.7 Å². The number of amides is 1. The number of carbonyl (C=O) groups excluding carboxylic acids is 1. The highest BCUT2D eigenvalue weighted by Gasteiger charge is 2.50. The fourth-order valence-corrected chi connectivity index (χ4v) is 6.55. The maximum Gasteiger partial charge on any atom is 0.298 e. The molecule has 3 N–H and O–H groups in total. The number of likely N-dealkylation sites (tertiary alicyclic amines) is 1. The predicted molar refractivity (Wildman–Crippen MR) is 157 cm³/mol. The Morgan fingerprint density at radius 2 is 1.57 bits per heavy atom. The molecule has 0 unspecified atom stereocenters. The zero-order valence-electron chi connectivity index (χ0n) is 24.3. The van der Waals surface area contributed by atoms with E-state index < -0.39 is 33.5 Å². The monoisotopic (exact) mass is 607 g/mol. The lowest BCUT2D eigenvalue weighted by Gasteiger charge is -2.35. The molecular weight excluding hydrogens is 564 g/mol. The summed E-state index contributed by atoms with van der Waals surface area (Å²) in [4.78, 5) is 14.5. The van der Waals surface area contributed by atoms with E-state index in [2.05, 4.69) is 0 Å². The van der Waals surface area contributed by atoms with E-state index in [4.69, 9.17) is 15.2 Å². The van der Waals surface area contributed by atoms with Crippen molar-refractivity contribution in [3.05, 3.63) is 54.1 Å². The van der Waals surface area contributed by atoms with Crippen LogP contribution in [0.3, 0.4) is 0 Å². The van der Waals surface area contributed by atoms with Gasteiger partial charge in [0.2, 0.25) is 15.9 Å². The van der Waals surface area contributed by atoms with Crippen LogP contribution in [0.2, 0.25) is 0 Å². The first-order valence-corrected chi connectivity index (χ1v) is 16.5. The number of benzene rings is 2. The summed E-state index contributed by atoms with van der Waals surface area (Å²) in [5, 5.41) is 0. The molecule has 1 saturated heterocycles. The topological polar surface area (TPSA) is 111 Å². The average Bonchev–Trinajstić information content (AvgIpc) is 3.00. The third-order valence-corrected chi connectivity index (χ3v) is 9.52. The summed E-state index contributed by atoms with van der Waals surface area (Å²) in [5.74, 6) is -3.45. The van der Waals surface area contributed by atoms with Gasteiger partial charge in [0, 0.05) is 24.7 Å². The lowest BCUT2D eigenvalue weighted by atomic mass is 9.90. The second-order valence-electron chi connectivity index (χ2n) is 11.4. The zero-order valence-corrected chi connectivity index (χ0v) is 25.1. The molecule has 2 fully saturated rings. The minimum atomic E-state index is -4.50. The van der Waals surface area contributed by atoms with Crippen LogP contribution in [0.5, 0.6) is 11.5 Å². The van der Waals surface area contributed by atoms with Gasteiger partial charge in [0.05, 0.1) is 18.1 Å². The van der Waals surface area contributed by atoms with E-state index in [-0.39, 0.29) is 24.0 Å². The number of rotatable bonds is 13. The average molecular weight is 608 g/mol. The second-order valence-corrected chi connectivity index (χ2v) is 13.1. The number of nitrogens with one attached hydrogen (secondary N) is 1. The summed E-state index contributed by atoms with van der Waals surface area (Å²) >= 11 is 0. The van der Waals surface area contributed by atoms with Crippen molar-refractivity contribution in [2.45, 2.75) is 87.6 Å². The van der Waals surface area contributed by atoms with Crippen LogP contribution < -0.4 is 19.9 Å². The molecule has 1 atom stereocenters. The molecule has 2 aromatic rings. The molecule has 11 heteroatoms. The van der Waals surface area contributed by atoms with Gasteiger partial charge < -0.3 is 20.1 Å².